The van der Waals surface area contributed by atoms with Crippen LogP contribution in [0.25, 0.3) is 0 Å². The predicted octanol–water partition coefficient (Wildman–Crippen LogP) is 4.74. The van der Waals surface area contributed by atoms with E-state index in [0.29, 0.717) is 12.5 Å². The summed E-state index contributed by atoms with van der Waals surface area (Å²) < 4.78 is 12.0. The Morgan fingerprint density at radius 3 is 2.53 bits per heavy atom. The minimum atomic E-state index is 0.196. The molecule has 0 N–H and O–H groups in total. The highest BCUT2D eigenvalue weighted by atomic mass is 79.9. The summed E-state index contributed by atoms with van der Waals surface area (Å²) in [4.78, 5) is 0. The molecule has 0 aliphatic heterocycles. The number of rotatable bonds is 6. The van der Waals surface area contributed by atoms with Crippen molar-refractivity contribution in [1.29, 1.82) is 0 Å². The van der Waals surface area contributed by atoms with Crippen LogP contribution in [-0.2, 0) is 17.2 Å². The third kappa shape index (κ3) is 4.23. The Hall–Kier alpha value is -1.03. The SMILES string of the molecule is ClCc1cccc(Br)c1OCOCc1ccccc1. The lowest BCUT2D eigenvalue weighted by molar-refractivity contribution is 0.00423. The highest BCUT2D eigenvalue weighted by Gasteiger charge is 2.06. The fraction of sp³-hybridized carbons (Fsp3) is 0.200. The zero-order valence-electron chi connectivity index (χ0n) is 10.3. The first-order chi connectivity index (χ1) is 9.31. The molecule has 0 aromatic heterocycles. The second-order valence-electron chi connectivity index (χ2n) is 3.96. The highest BCUT2D eigenvalue weighted by molar-refractivity contribution is 9.10. The maximum absolute atomic E-state index is 5.87. The lowest BCUT2D eigenvalue weighted by Crippen LogP contribution is -2.04. The molecule has 19 heavy (non-hydrogen) atoms. The second-order valence-corrected chi connectivity index (χ2v) is 5.08. The van der Waals surface area contributed by atoms with Crippen LogP contribution in [0.1, 0.15) is 11.1 Å². The van der Waals surface area contributed by atoms with Crippen molar-refractivity contribution in [3.8, 4) is 5.75 Å². The highest BCUT2D eigenvalue weighted by Crippen LogP contribution is 2.30. The van der Waals surface area contributed by atoms with Gasteiger partial charge >= 0.3 is 0 Å². The molecule has 2 aromatic carbocycles. The van der Waals surface area contributed by atoms with E-state index in [0.717, 1.165) is 21.3 Å². The van der Waals surface area contributed by atoms with Gasteiger partial charge in [0.15, 0.2) is 6.79 Å². The third-order valence-electron chi connectivity index (χ3n) is 2.59. The summed E-state index contributed by atoms with van der Waals surface area (Å²) in [5.74, 6) is 1.15. The molecule has 0 bridgehead atoms. The summed E-state index contributed by atoms with van der Waals surface area (Å²) in [5.41, 5.74) is 2.06. The summed E-state index contributed by atoms with van der Waals surface area (Å²) in [7, 11) is 0. The average molecular weight is 342 g/mol. The van der Waals surface area contributed by atoms with Gasteiger partial charge in [0, 0.05) is 5.56 Å². The zero-order valence-corrected chi connectivity index (χ0v) is 12.7. The van der Waals surface area contributed by atoms with E-state index < -0.39 is 0 Å². The number of hydrogen-bond acceptors (Lipinski definition) is 2. The maximum atomic E-state index is 5.87. The minimum Gasteiger partial charge on any atom is -0.466 e. The predicted molar refractivity (Wildman–Crippen MR) is 80.4 cm³/mol. The smallest absolute Gasteiger partial charge is 0.189 e. The number of hydrogen-bond donors (Lipinski definition) is 0. The monoisotopic (exact) mass is 340 g/mol. The van der Waals surface area contributed by atoms with Crippen molar-refractivity contribution < 1.29 is 9.47 Å². The van der Waals surface area contributed by atoms with Gasteiger partial charge in [0.1, 0.15) is 5.75 Å². The van der Waals surface area contributed by atoms with Gasteiger partial charge in [0.05, 0.1) is 17.0 Å². The fourth-order valence-electron chi connectivity index (χ4n) is 1.65. The molecule has 0 radical (unpaired) electrons. The van der Waals surface area contributed by atoms with Gasteiger partial charge in [-0.1, -0.05) is 42.5 Å². The zero-order chi connectivity index (χ0) is 13.5. The number of para-hydroxylation sites is 1. The Labute approximate surface area is 126 Å². The number of alkyl halides is 1. The molecular weight excluding hydrogens is 328 g/mol. The van der Waals surface area contributed by atoms with Crippen LogP contribution in [0.15, 0.2) is 53.0 Å². The normalized spacial score (nSPS) is 10.4. The van der Waals surface area contributed by atoms with E-state index in [1.165, 1.54) is 0 Å². The molecule has 2 rings (SSSR count). The third-order valence-corrected chi connectivity index (χ3v) is 3.50. The van der Waals surface area contributed by atoms with E-state index in [1.54, 1.807) is 0 Å². The van der Waals surface area contributed by atoms with Crippen molar-refractivity contribution in [2.75, 3.05) is 6.79 Å². The Kier molecular flexibility index (Phi) is 5.70. The van der Waals surface area contributed by atoms with Gasteiger partial charge in [-0.2, -0.15) is 0 Å². The van der Waals surface area contributed by atoms with E-state index in [1.807, 2.05) is 48.5 Å². The van der Waals surface area contributed by atoms with Gasteiger partial charge in [0.2, 0.25) is 0 Å². The molecule has 0 unspecified atom stereocenters. The van der Waals surface area contributed by atoms with Crippen LogP contribution >= 0.6 is 27.5 Å². The summed E-state index contributed by atoms with van der Waals surface area (Å²) >= 11 is 9.32. The quantitative estimate of drug-likeness (QED) is 0.429. The fourth-order valence-corrected chi connectivity index (χ4v) is 2.39. The van der Waals surface area contributed by atoms with Crippen molar-refractivity contribution in [2.45, 2.75) is 12.5 Å². The summed E-state index contributed by atoms with van der Waals surface area (Å²) in [5, 5.41) is 0. The summed E-state index contributed by atoms with van der Waals surface area (Å²) in [6.07, 6.45) is 0. The molecule has 0 aliphatic carbocycles. The van der Waals surface area contributed by atoms with Crippen LogP contribution < -0.4 is 4.74 Å². The Morgan fingerprint density at radius 1 is 1.00 bits per heavy atom. The molecule has 0 atom stereocenters. The molecule has 0 heterocycles. The van der Waals surface area contributed by atoms with Crippen molar-refractivity contribution in [2.24, 2.45) is 0 Å². The van der Waals surface area contributed by atoms with Crippen molar-refractivity contribution >= 4 is 27.5 Å². The molecule has 2 nitrogen and oxygen atoms in total. The number of ether oxygens (including phenoxy) is 2. The Morgan fingerprint density at radius 2 is 1.79 bits per heavy atom. The number of halogens is 2. The van der Waals surface area contributed by atoms with Crippen molar-refractivity contribution in [1.82, 2.24) is 0 Å². The standard InChI is InChI=1S/C15H14BrClO2/c16-14-8-4-7-13(9-17)15(14)19-11-18-10-12-5-2-1-3-6-12/h1-8H,9-11H2. The van der Waals surface area contributed by atoms with Crippen LogP contribution in [0.2, 0.25) is 0 Å². The minimum absolute atomic E-state index is 0.196. The lowest BCUT2D eigenvalue weighted by Gasteiger charge is -2.12. The summed E-state index contributed by atoms with van der Waals surface area (Å²) in [6.45, 7) is 0.725. The van der Waals surface area contributed by atoms with Crippen LogP contribution in [0.3, 0.4) is 0 Å². The maximum Gasteiger partial charge on any atom is 0.189 e. The van der Waals surface area contributed by atoms with E-state index in [4.69, 9.17) is 21.1 Å². The van der Waals surface area contributed by atoms with Crippen LogP contribution in [0.4, 0.5) is 0 Å². The second kappa shape index (κ2) is 7.53. The Balaban J connectivity index is 1.86. The average Bonchev–Trinajstić information content (AvgIpc) is 2.46. The molecule has 100 valence electrons. The topological polar surface area (TPSA) is 18.5 Å². The van der Waals surface area contributed by atoms with E-state index in [-0.39, 0.29) is 6.79 Å². The molecule has 0 spiro atoms. The largest absolute Gasteiger partial charge is 0.466 e. The number of benzene rings is 2. The van der Waals surface area contributed by atoms with Crippen LogP contribution in [-0.4, -0.2) is 6.79 Å². The van der Waals surface area contributed by atoms with Crippen molar-refractivity contribution in [3.63, 3.8) is 0 Å². The molecule has 0 saturated heterocycles. The van der Waals surface area contributed by atoms with E-state index in [2.05, 4.69) is 15.9 Å². The van der Waals surface area contributed by atoms with Gasteiger partial charge in [-0.3, -0.25) is 0 Å². The van der Waals surface area contributed by atoms with Gasteiger partial charge in [-0.25, -0.2) is 0 Å². The van der Waals surface area contributed by atoms with Gasteiger partial charge in [-0.05, 0) is 27.6 Å². The van der Waals surface area contributed by atoms with Crippen LogP contribution in [0, 0.1) is 0 Å². The molecule has 0 aliphatic rings. The molecule has 2 aromatic rings. The first-order valence-corrected chi connectivity index (χ1v) is 7.22. The van der Waals surface area contributed by atoms with Gasteiger partial charge in [0.25, 0.3) is 0 Å². The lowest BCUT2D eigenvalue weighted by atomic mass is 10.2. The van der Waals surface area contributed by atoms with E-state index >= 15 is 0 Å². The summed E-state index contributed by atoms with van der Waals surface area (Å²) in [6, 6.07) is 15.8. The molecule has 0 saturated carbocycles. The first-order valence-electron chi connectivity index (χ1n) is 5.89. The molecule has 0 fully saturated rings. The van der Waals surface area contributed by atoms with Crippen LogP contribution in [0.5, 0.6) is 5.75 Å². The van der Waals surface area contributed by atoms with E-state index in [9.17, 15) is 0 Å². The van der Waals surface area contributed by atoms with Gasteiger partial charge < -0.3 is 9.47 Å². The molecule has 4 heteroatoms. The van der Waals surface area contributed by atoms with Crippen molar-refractivity contribution in [3.05, 3.63) is 64.1 Å². The molecule has 0 amide bonds. The molecular formula is C15H14BrClO2. The Bertz CT molecular complexity index is 517. The van der Waals surface area contributed by atoms with Gasteiger partial charge in [-0.15, -0.1) is 11.6 Å². The first kappa shape index (κ1) is 14.4.